The zero-order valence-electron chi connectivity index (χ0n) is 19.0. The number of fused-ring (bicyclic) bond motifs is 2. The third kappa shape index (κ3) is 6.95. The van der Waals surface area contributed by atoms with Crippen LogP contribution in [0.5, 0.6) is 0 Å². The Morgan fingerprint density at radius 1 is 1.16 bits per heavy atom. The molecule has 0 bridgehead atoms. The van der Waals surface area contributed by atoms with Gasteiger partial charge in [0.05, 0.1) is 29.7 Å². The highest BCUT2D eigenvalue weighted by Crippen LogP contribution is 2.47. The van der Waals surface area contributed by atoms with Gasteiger partial charge in [0.1, 0.15) is 4.70 Å². The van der Waals surface area contributed by atoms with Crippen LogP contribution in [0.3, 0.4) is 0 Å². The molecule has 1 aliphatic rings. The summed E-state index contributed by atoms with van der Waals surface area (Å²) in [6.45, 7) is -0.0660. The highest BCUT2D eigenvalue weighted by Gasteiger charge is 2.30. The van der Waals surface area contributed by atoms with Gasteiger partial charge in [0.2, 0.25) is 12.1 Å². The first-order valence-electron chi connectivity index (χ1n) is 10.5. The number of nitrogens with one attached hydrogen (secondary N) is 1. The Labute approximate surface area is 231 Å². The lowest BCUT2D eigenvalue weighted by molar-refractivity contribution is -0.655. The van der Waals surface area contributed by atoms with E-state index in [0.29, 0.717) is 20.6 Å². The van der Waals surface area contributed by atoms with Crippen molar-refractivity contribution in [3.8, 4) is 0 Å². The number of aromatic nitrogens is 1. The maximum atomic E-state index is 12.6. The molecule has 10 nitrogen and oxygen atoms in total. The molecule has 0 spiro atoms. The largest absolute Gasteiger partial charge is 0.362 e. The molecule has 2 N–H and O–H groups in total. The van der Waals surface area contributed by atoms with Crippen LogP contribution in [0.4, 0.5) is 5.69 Å². The molecule has 2 heterocycles. The predicted octanol–water partition coefficient (Wildman–Crippen LogP) is 3.69. The van der Waals surface area contributed by atoms with E-state index >= 15 is 0 Å². The Morgan fingerprint density at radius 3 is 2.57 bits per heavy atom. The number of nitrogens with zero attached hydrogens (tertiary/aromatic N) is 2. The third-order valence-corrected chi connectivity index (χ3v) is 9.59. The molecule has 16 heteroatoms. The summed E-state index contributed by atoms with van der Waals surface area (Å²) < 4.78 is 63.7. The fourth-order valence-corrected chi connectivity index (χ4v) is 7.14. The molecule has 0 aliphatic carbocycles. The summed E-state index contributed by atoms with van der Waals surface area (Å²) >= 11 is 15.2. The van der Waals surface area contributed by atoms with Crippen LogP contribution in [0.15, 0.2) is 46.3 Å². The van der Waals surface area contributed by atoms with Gasteiger partial charge >= 0.3 is 16.2 Å². The van der Waals surface area contributed by atoms with Crippen molar-refractivity contribution in [1.82, 2.24) is 4.72 Å². The average Bonchev–Trinajstić information content (AvgIpc) is 3.30. The van der Waals surface area contributed by atoms with E-state index in [1.54, 1.807) is 34.9 Å². The van der Waals surface area contributed by atoms with Crippen LogP contribution >= 0.6 is 46.3 Å². The van der Waals surface area contributed by atoms with Crippen molar-refractivity contribution >= 4 is 94.6 Å². The second kappa shape index (κ2) is 11.1. The van der Waals surface area contributed by atoms with Crippen LogP contribution in [0, 0.1) is 0 Å². The van der Waals surface area contributed by atoms with Crippen molar-refractivity contribution in [3.63, 3.8) is 0 Å². The fraction of sp³-hybridized carbons (Fsp3) is 0.238. The number of halogens is 2. The molecule has 1 aromatic heterocycles. The van der Waals surface area contributed by atoms with Gasteiger partial charge in [-0.1, -0.05) is 46.3 Å². The summed E-state index contributed by atoms with van der Waals surface area (Å²) in [5.74, 6) is -1.22. The van der Waals surface area contributed by atoms with E-state index in [2.05, 4.69) is 4.18 Å². The summed E-state index contributed by atoms with van der Waals surface area (Å²) in [7, 11) is -7.43. The zero-order valence-corrected chi connectivity index (χ0v) is 23.8. The number of rotatable bonds is 9. The Morgan fingerprint density at radius 2 is 1.86 bits per heavy atom. The van der Waals surface area contributed by atoms with Crippen molar-refractivity contribution in [2.24, 2.45) is 0 Å². The first-order chi connectivity index (χ1) is 17.3. The molecule has 3 aromatic rings. The van der Waals surface area contributed by atoms with Crippen LogP contribution in [0.25, 0.3) is 16.3 Å². The number of thiazole rings is 1. The Bertz CT molecular complexity index is 1620. The summed E-state index contributed by atoms with van der Waals surface area (Å²) in [6, 6.07) is 10.5. The molecule has 0 fully saturated rings. The van der Waals surface area contributed by atoms with E-state index in [0.717, 1.165) is 27.4 Å². The maximum absolute atomic E-state index is 12.6. The van der Waals surface area contributed by atoms with Crippen LogP contribution in [-0.4, -0.2) is 46.7 Å². The lowest BCUT2D eigenvalue weighted by atomic mass is 10.2. The van der Waals surface area contributed by atoms with E-state index < -0.39 is 32.1 Å². The van der Waals surface area contributed by atoms with Crippen molar-refractivity contribution in [3.05, 3.63) is 56.5 Å². The Balaban J connectivity index is 1.76. The number of amides is 1. The van der Waals surface area contributed by atoms with E-state index in [9.17, 15) is 21.6 Å². The molecule has 0 saturated carbocycles. The quantitative estimate of drug-likeness (QED) is 0.270. The number of anilines is 1. The van der Waals surface area contributed by atoms with Gasteiger partial charge in [-0.15, -0.1) is 0 Å². The minimum Gasteiger partial charge on any atom is -0.335 e. The first-order valence-corrected chi connectivity index (χ1v) is 15.9. The number of hydrogen-bond donors (Lipinski definition) is 2. The minimum atomic E-state index is -4.24. The van der Waals surface area contributed by atoms with Gasteiger partial charge in [-0.3, -0.25) is 13.5 Å². The van der Waals surface area contributed by atoms with E-state index in [4.69, 9.17) is 27.8 Å². The summed E-state index contributed by atoms with van der Waals surface area (Å²) in [5.41, 5.74) is 1.40. The highest BCUT2D eigenvalue weighted by atomic mass is 35.5. The molecule has 4 rings (SSSR count). The van der Waals surface area contributed by atoms with Crippen molar-refractivity contribution in [2.75, 3.05) is 24.3 Å². The molecule has 0 atom stereocenters. The summed E-state index contributed by atoms with van der Waals surface area (Å²) in [5, 5.41) is 2.28. The molecule has 1 amide bonds. The maximum Gasteiger partial charge on any atom is 0.362 e. The van der Waals surface area contributed by atoms with E-state index in [-0.39, 0.29) is 19.5 Å². The van der Waals surface area contributed by atoms with Crippen LogP contribution in [0.1, 0.15) is 11.4 Å². The first kappa shape index (κ1) is 28.1. The SMILES string of the molecule is COS(=O)(=O)NC(=O)C[n+]1c(C=C2Sc3ccc(Cl)cc3N2CCCS(=O)(=O)O)sc2ccc(Cl)cc21. The summed E-state index contributed by atoms with van der Waals surface area (Å²) in [4.78, 5) is 15.3. The summed E-state index contributed by atoms with van der Waals surface area (Å²) in [6.07, 6.45) is 1.98. The van der Waals surface area contributed by atoms with Gasteiger partial charge < -0.3 is 4.90 Å². The second-order valence-corrected chi connectivity index (χ2v) is 13.8. The number of carbonyl (C=O) groups excluding carboxylic acids is 1. The van der Waals surface area contributed by atoms with Crippen LogP contribution in [-0.2, 0) is 35.9 Å². The molecule has 198 valence electrons. The molecule has 0 radical (unpaired) electrons. The molecular weight excluding hydrogens is 605 g/mol. The third-order valence-electron chi connectivity index (χ3n) is 5.18. The molecule has 0 unspecified atom stereocenters. The standard InChI is InChI=1S/C21H19Cl2N3O7S4/c1-33-37(31,32)24-19(27)12-26-16-10-14(23)4-6-18(16)35-21(26)11-20-25(7-2-8-36(28,29)30)15-9-13(22)3-5-17(15)34-20/h3-6,9-11H,2,7-8,12H2,1H3,(H-,24,27,28,29,30)/p+1. The number of benzene rings is 2. The average molecular weight is 626 g/mol. The van der Waals surface area contributed by atoms with Gasteiger partial charge in [-0.2, -0.15) is 21.4 Å². The number of hydrogen-bond acceptors (Lipinski definition) is 9. The van der Waals surface area contributed by atoms with Gasteiger partial charge in [-0.05, 0) is 36.8 Å². The minimum absolute atomic E-state index is 0.155. The molecule has 2 aromatic carbocycles. The smallest absolute Gasteiger partial charge is 0.335 e. The van der Waals surface area contributed by atoms with Crippen molar-refractivity contribution in [2.45, 2.75) is 17.9 Å². The van der Waals surface area contributed by atoms with E-state index in [1.807, 2.05) is 21.8 Å². The highest BCUT2D eigenvalue weighted by molar-refractivity contribution is 8.04. The van der Waals surface area contributed by atoms with Gasteiger partial charge in [0.15, 0.2) is 0 Å². The van der Waals surface area contributed by atoms with Gasteiger partial charge in [-0.25, -0.2) is 4.72 Å². The van der Waals surface area contributed by atoms with Gasteiger partial charge in [0.25, 0.3) is 15.1 Å². The predicted molar refractivity (Wildman–Crippen MR) is 145 cm³/mol. The number of carbonyl (C=O) groups is 1. The van der Waals surface area contributed by atoms with E-state index in [1.165, 1.54) is 23.1 Å². The Kier molecular flexibility index (Phi) is 8.40. The molecule has 1 aliphatic heterocycles. The lowest BCUT2D eigenvalue weighted by Crippen LogP contribution is -2.45. The molecule has 37 heavy (non-hydrogen) atoms. The fourth-order valence-electron chi connectivity index (χ4n) is 3.62. The van der Waals surface area contributed by atoms with Gasteiger partial charge in [0, 0.05) is 27.6 Å². The monoisotopic (exact) mass is 624 g/mol. The second-order valence-electron chi connectivity index (χ2n) is 7.77. The van der Waals surface area contributed by atoms with Crippen molar-refractivity contribution in [1.29, 1.82) is 0 Å². The van der Waals surface area contributed by atoms with Crippen LogP contribution < -0.4 is 14.2 Å². The number of thioether (sulfide) groups is 1. The molecular formula is C21H20Cl2N3O7S4+. The lowest BCUT2D eigenvalue weighted by Gasteiger charge is -2.20. The normalized spacial score (nSPS) is 14.9. The molecule has 0 saturated heterocycles. The zero-order chi connectivity index (χ0) is 27.0. The van der Waals surface area contributed by atoms with Crippen molar-refractivity contribution < 1.29 is 34.9 Å². The Hall–Kier alpha value is -1.91. The topological polar surface area (TPSA) is 134 Å². The van der Waals surface area contributed by atoms with Crippen LogP contribution in [0.2, 0.25) is 10.0 Å².